The first kappa shape index (κ1) is 12.2. The highest BCUT2D eigenvalue weighted by molar-refractivity contribution is 6.29. The van der Waals surface area contributed by atoms with Crippen LogP contribution in [-0.4, -0.2) is 35.2 Å². The van der Waals surface area contributed by atoms with Crippen LogP contribution in [0.15, 0.2) is 0 Å². The largest absolute Gasteiger partial charge is 0.421 e. The zero-order valence-electron chi connectivity index (χ0n) is 9.04. The summed E-state index contributed by atoms with van der Waals surface area (Å²) in [5.74, 6) is 0. The molecule has 0 aliphatic carbocycles. The van der Waals surface area contributed by atoms with Crippen LogP contribution >= 0.6 is 0 Å². The standard InChI is InChI=1S/C10H23NO2Si/c11-7-3-1-4-9-13-14-10-6-2-5-8-12-10/h10H,1-9,11,14H2. The molecule has 0 aromatic heterocycles. The highest BCUT2D eigenvalue weighted by atomic mass is 28.2. The van der Waals surface area contributed by atoms with Crippen molar-refractivity contribution < 1.29 is 9.16 Å². The minimum atomic E-state index is -0.422. The summed E-state index contributed by atoms with van der Waals surface area (Å²) in [5.41, 5.74) is 5.91. The SMILES string of the molecule is NCCCCCO[SiH2]C1CCCCO1. The molecule has 0 bridgehead atoms. The third kappa shape index (κ3) is 5.75. The van der Waals surface area contributed by atoms with Crippen LogP contribution in [0.4, 0.5) is 0 Å². The van der Waals surface area contributed by atoms with Gasteiger partial charge in [-0.3, -0.25) is 0 Å². The number of hydrogen-bond acceptors (Lipinski definition) is 3. The molecule has 84 valence electrons. The number of rotatable bonds is 7. The quantitative estimate of drug-likeness (QED) is 0.505. The molecule has 1 unspecified atom stereocenters. The van der Waals surface area contributed by atoms with E-state index in [0.29, 0.717) is 5.73 Å². The molecule has 0 radical (unpaired) electrons. The van der Waals surface area contributed by atoms with E-state index in [1.807, 2.05) is 0 Å². The van der Waals surface area contributed by atoms with E-state index in [4.69, 9.17) is 14.9 Å². The summed E-state index contributed by atoms with van der Waals surface area (Å²) >= 11 is 0. The van der Waals surface area contributed by atoms with Crippen molar-refractivity contribution in [3.63, 3.8) is 0 Å². The minimum Gasteiger partial charge on any atom is -0.421 e. The zero-order chi connectivity index (χ0) is 10.1. The first-order valence-corrected chi connectivity index (χ1v) is 7.22. The van der Waals surface area contributed by atoms with Gasteiger partial charge in [0, 0.05) is 13.2 Å². The molecule has 1 atom stereocenters. The second-order valence-electron chi connectivity index (χ2n) is 3.91. The first-order chi connectivity index (χ1) is 6.93. The Hall–Kier alpha value is 0.0969. The van der Waals surface area contributed by atoms with Crippen molar-refractivity contribution in [2.24, 2.45) is 5.73 Å². The molecule has 3 nitrogen and oxygen atoms in total. The van der Waals surface area contributed by atoms with E-state index in [-0.39, 0.29) is 0 Å². The maximum absolute atomic E-state index is 5.69. The van der Waals surface area contributed by atoms with E-state index in [0.717, 1.165) is 32.6 Å². The van der Waals surface area contributed by atoms with Crippen LogP contribution < -0.4 is 5.73 Å². The van der Waals surface area contributed by atoms with Gasteiger partial charge < -0.3 is 14.9 Å². The molecule has 0 aromatic rings. The molecule has 0 aromatic carbocycles. The molecule has 1 aliphatic heterocycles. The lowest BCUT2D eigenvalue weighted by molar-refractivity contribution is 0.0549. The first-order valence-electron chi connectivity index (χ1n) is 5.83. The van der Waals surface area contributed by atoms with Gasteiger partial charge in [0.25, 0.3) is 0 Å². The van der Waals surface area contributed by atoms with Gasteiger partial charge in [0.15, 0.2) is 9.76 Å². The van der Waals surface area contributed by atoms with E-state index in [2.05, 4.69) is 0 Å². The van der Waals surface area contributed by atoms with Crippen molar-refractivity contribution in [3.05, 3.63) is 0 Å². The fourth-order valence-electron chi connectivity index (χ4n) is 1.68. The van der Waals surface area contributed by atoms with Gasteiger partial charge in [-0.05, 0) is 45.1 Å². The molecule has 1 saturated heterocycles. The maximum Gasteiger partial charge on any atom is 0.190 e. The smallest absolute Gasteiger partial charge is 0.190 e. The van der Waals surface area contributed by atoms with Crippen molar-refractivity contribution in [1.82, 2.24) is 0 Å². The van der Waals surface area contributed by atoms with Crippen molar-refractivity contribution in [2.75, 3.05) is 19.8 Å². The van der Waals surface area contributed by atoms with Crippen LogP contribution in [-0.2, 0) is 9.16 Å². The average Bonchev–Trinajstić information content (AvgIpc) is 2.25. The zero-order valence-corrected chi connectivity index (χ0v) is 10.5. The summed E-state index contributed by atoms with van der Waals surface area (Å²) in [5, 5.41) is 0. The van der Waals surface area contributed by atoms with Crippen molar-refractivity contribution in [3.8, 4) is 0 Å². The fraction of sp³-hybridized carbons (Fsp3) is 1.00. The van der Waals surface area contributed by atoms with Crippen molar-refractivity contribution in [1.29, 1.82) is 0 Å². The topological polar surface area (TPSA) is 44.5 Å². The second-order valence-corrected chi connectivity index (χ2v) is 5.57. The van der Waals surface area contributed by atoms with Gasteiger partial charge in [0.05, 0.1) is 5.73 Å². The van der Waals surface area contributed by atoms with E-state index in [1.54, 1.807) is 0 Å². The van der Waals surface area contributed by atoms with Gasteiger partial charge in [-0.25, -0.2) is 0 Å². The molecule has 4 heteroatoms. The molecule has 1 rings (SSSR count). The highest BCUT2D eigenvalue weighted by Gasteiger charge is 2.14. The molecule has 0 spiro atoms. The highest BCUT2D eigenvalue weighted by Crippen LogP contribution is 2.11. The lowest BCUT2D eigenvalue weighted by Crippen LogP contribution is -2.27. The summed E-state index contributed by atoms with van der Waals surface area (Å²) in [6.45, 7) is 2.68. The van der Waals surface area contributed by atoms with E-state index < -0.39 is 9.76 Å². The summed E-state index contributed by atoms with van der Waals surface area (Å²) < 4.78 is 11.3. The minimum absolute atomic E-state index is 0.422. The van der Waals surface area contributed by atoms with Crippen LogP contribution in [0.5, 0.6) is 0 Å². The predicted molar refractivity (Wildman–Crippen MR) is 61.0 cm³/mol. The average molecular weight is 217 g/mol. The van der Waals surface area contributed by atoms with E-state index >= 15 is 0 Å². The molecule has 2 N–H and O–H groups in total. The summed E-state index contributed by atoms with van der Waals surface area (Å²) in [6, 6.07) is 0. The Kier molecular flexibility index (Phi) is 7.31. The van der Waals surface area contributed by atoms with Crippen LogP contribution in [0.3, 0.4) is 0 Å². The molecular formula is C10H23NO2Si. The molecule has 1 aliphatic rings. The molecule has 1 heterocycles. The monoisotopic (exact) mass is 217 g/mol. The Morgan fingerprint density at radius 3 is 2.93 bits per heavy atom. The third-order valence-corrected chi connectivity index (χ3v) is 4.11. The van der Waals surface area contributed by atoms with Gasteiger partial charge in [-0.15, -0.1) is 0 Å². The maximum atomic E-state index is 5.69. The predicted octanol–water partition coefficient (Wildman–Crippen LogP) is 0.742. The molecule has 0 saturated carbocycles. The molecular weight excluding hydrogens is 194 g/mol. The summed E-state index contributed by atoms with van der Waals surface area (Å²) in [7, 11) is -0.422. The molecule has 1 fully saturated rings. The lowest BCUT2D eigenvalue weighted by atomic mass is 10.2. The lowest BCUT2D eigenvalue weighted by Gasteiger charge is -2.21. The van der Waals surface area contributed by atoms with Crippen LogP contribution in [0.1, 0.15) is 38.5 Å². The molecule has 14 heavy (non-hydrogen) atoms. The third-order valence-electron chi connectivity index (χ3n) is 2.57. The normalized spacial score (nSPS) is 23.4. The van der Waals surface area contributed by atoms with Crippen LogP contribution in [0, 0.1) is 0 Å². The Bertz CT molecular complexity index is 129. The molecule has 0 amide bonds. The van der Waals surface area contributed by atoms with Crippen molar-refractivity contribution in [2.45, 2.75) is 44.3 Å². The van der Waals surface area contributed by atoms with Gasteiger partial charge in [-0.1, -0.05) is 0 Å². The van der Waals surface area contributed by atoms with Crippen LogP contribution in [0.25, 0.3) is 0 Å². The van der Waals surface area contributed by atoms with Crippen LogP contribution in [0.2, 0.25) is 0 Å². The van der Waals surface area contributed by atoms with E-state index in [1.165, 1.54) is 25.7 Å². The van der Waals surface area contributed by atoms with Crippen molar-refractivity contribution >= 4 is 9.76 Å². The number of hydrogen-bond donors (Lipinski definition) is 1. The summed E-state index contributed by atoms with van der Waals surface area (Å²) in [4.78, 5) is 0. The number of ether oxygens (including phenoxy) is 1. The Balaban J connectivity index is 1.82. The Morgan fingerprint density at radius 1 is 1.29 bits per heavy atom. The number of nitrogens with two attached hydrogens (primary N) is 1. The fourth-order valence-corrected chi connectivity index (χ4v) is 3.03. The number of unbranched alkanes of at least 4 members (excludes halogenated alkanes) is 2. The van der Waals surface area contributed by atoms with Gasteiger partial charge in [0.2, 0.25) is 0 Å². The Morgan fingerprint density at radius 2 is 2.21 bits per heavy atom. The van der Waals surface area contributed by atoms with Gasteiger partial charge in [0.1, 0.15) is 0 Å². The second kappa shape index (κ2) is 8.41. The van der Waals surface area contributed by atoms with E-state index in [9.17, 15) is 0 Å². The summed E-state index contributed by atoms with van der Waals surface area (Å²) in [6.07, 6.45) is 7.29. The Labute approximate surface area is 89.3 Å². The van der Waals surface area contributed by atoms with Gasteiger partial charge >= 0.3 is 0 Å². The van der Waals surface area contributed by atoms with Gasteiger partial charge in [-0.2, -0.15) is 0 Å².